The lowest BCUT2D eigenvalue weighted by atomic mass is 9.82. The number of hydrogen-bond donors (Lipinski definition) is 0. The molecular weight excluding hydrogens is 208 g/mol. The van der Waals surface area contributed by atoms with Gasteiger partial charge in [-0.15, -0.1) is 6.58 Å². The van der Waals surface area contributed by atoms with E-state index < -0.39 is 0 Å². The molecule has 17 heavy (non-hydrogen) atoms. The average Bonchev–Trinajstić information content (AvgIpc) is 2.39. The van der Waals surface area contributed by atoms with E-state index in [-0.39, 0.29) is 5.60 Å². The summed E-state index contributed by atoms with van der Waals surface area (Å²) in [4.78, 5) is 0. The van der Waals surface area contributed by atoms with Crippen molar-refractivity contribution in [1.29, 1.82) is 0 Å². The normalized spacial score (nSPS) is 25.6. The molecule has 2 saturated carbocycles. The SMILES string of the molecule is C=CCC1(OCC2CCCCC2)CCCCC1. The summed E-state index contributed by atoms with van der Waals surface area (Å²) in [5, 5.41) is 0. The fraction of sp³-hybridized carbons (Fsp3) is 0.875. The van der Waals surface area contributed by atoms with E-state index >= 15 is 0 Å². The van der Waals surface area contributed by atoms with Crippen LogP contribution < -0.4 is 0 Å². The molecule has 2 rings (SSSR count). The predicted octanol–water partition coefficient (Wildman–Crippen LogP) is 4.86. The lowest BCUT2D eigenvalue weighted by Gasteiger charge is -2.38. The standard InChI is InChI=1S/C16H28O/c1-2-11-16(12-7-4-8-13-16)17-14-15-9-5-3-6-10-15/h2,15H,1,3-14H2. The highest BCUT2D eigenvalue weighted by Gasteiger charge is 2.32. The van der Waals surface area contributed by atoms with Crippen molar-refractivity contribution in [2.24, 2.45) is 5.92 Å². The molecule has 0 saturated heterocycles. The first-order valence-electron chi connectivity index (χ1n) is 7.59. The summed E-state index contributed by atoms with van der Waals surface area (Å²) in [7, 11) is 0. The van der Waals surface area contributed by atoms with Crippen LogP contribution in [0.3, 0.4) is 0 Å². The van der Waals surface area contributed by atoms with Crippen LogP contribution in [0.4, 0.5) is 0 Å². The molecule has 0 heterocycles. The Balaban J connectivity index is 1.81. The van der Waals surface area contributed by atoms with Gasteiger partial charge >= 0.3 is 0 Å². The third kappa shape index (κ3) is 3.84. The molecule has 0 aromatic rings. The van der Waals surface area contributed by atoms with Crippen molar-refractivity contribution in [1.82, 2.24) is 0 Å². The molecule has 0 spiro atoms. The molecule has 0 aromatic heterocycles. The van der Waals surface area contributed by atoms with E-state index in [1.807, 2.05) is 0 Å². The van der Waals surface area contributed by atoms with Crippen LogP contribution in [-0.4, -0.2) is 12.2 Å². The number of hydrogen-bond acceptors (Lipinski definition) is 1. The molecule has 98 valence electrons. The van der Waals surface area contributed by atoms with E-state index in [1.54, 1.807) is 0 Å². The molecule has 0 N–H and O–H groups in total. The molecule has 0 amide bonds. The van der Waals surface area contributed by atoms with Gasteiger partial charge in [-0.3, -0.25) is 0 Å². The van der Waals surface area contributed by atoms with Gasteiger partial charge < -0.3 is 4.74 Å². The lowest BCUT2D eigenvalue weighted by molar-refractivity contribution is -0.0846. The Labute approximate surface area is 107 Å². The molecule has 0 unspecified atom stereocenters. The van der Waals surface area contributed by atoms with E-state index in [0.717, 1.165) is 18.9 Å². The van der Waals surface area contributed by atoms with Crippen molar-refractivity contribution < 1.29 is 4.74 Å². The number of rotatable bonds is 5. The van der Waals surface area contributed by atoms with Crippen molar-refractivity contribution in [3.8, 4) is 0 Å². The van der Waals surface area contributed by atoms with Crippen molar-refractivity contribution in [3.63, 3.8) is 0 Å². The smallest absolute Gasteiger partial charge is 0.0716 e. The molecule has 0 atom stereocenters. The largest absolute Gasteiger partial charge is 0.374 e. The van der Waals surface area contributed by atoms with E-state index in [0.29, 0.717) is 0 Å². The van der Waals surface area contributed by atoms with Crippen LogP contribution in [0.5, 0.6) is 0 Å². The molecule has 2 aliphatic rings. The van der Waals surface area contributed by atoms with E-state index in [9.17, 15) is 0 Å². The fourth-order valence-corrected chi connectivity index (χ4v) is 3.51. The average molecular weight is 236 g/mol. The highest BCUT2D eigenvalue weighted by molar-refractivity contribution is 4.91. The zero-order valence-electron chi connectivity index (χ0n) is 11.3. The van der Waals surface area contributed by atoms with Crippen LogP contribution in [0, 0.1) is 5.92 Å². The molecule has 0 aromatic carbocycles. The van der Waals surface area contributed by atoms with Crippen molar-refractivity contribution in [3.05, 3.63) is 12.7 Å². The molecule has 0 radical (unpaired) electrons. The van der Waals surface area contributed by atoms with Gasteiger partial charge in [0, 0.05) is 0 Å². The summed E-state index contributed by atoms with van der Waals surface area (Å²) in [6, 6.07) is 0. The number of ether oxygens (including phenoxy) is 1. The van der Waals surface area contributed by atoms with E-state index in [4.69, 9.17) is 4.74 Å². The third-order valence-electron chi connectivity index (χ3n) is 4.63. The first kappa shape index (κ1) is 13.1. The van der Waals surface area contributed by atoms with Crippen molar-refractivity contribution in [2.45, 2.75) is 76.2 Å². The van der Waals surface area contributed by atoms with Gasteiger partial charge in [-0.25, -0.2) is 0 Å². The second kappa shape index (κ2) is 6.58. The minimum Gasteiger partial charge on any atom is -0.374 e. The molecule has 0 aliphatic heterocycles. The van der Waals surface area contributed by atoms with Crippen LogP contribution >= 0.6 is 0 Å². The Morgan fingerprint density at radius 3 is 2.29 bits per heavy atom. The third-order valence-corrected chi connectivity index (χ3v) is 4.63. The Morgan fingerprint density at radius 2 is 1.65 bits per heavy atom. The fourth-order valence-electron chi connectivity index (χ4n) is 3.51. The highest BCUT2D eigenvalue weighted by Crippen LogP contribution is 2.36. The van der Waals surface area contributed by atoms with Gasteiger partial charge in [-0.2, -0.15) is 0 Å². The van der Waals surface area contributed by atoms with Crippen LogP contribution in [-0.2, 0) is 4.74 Å². The van der Waals surface area contributed by atoms with Gasteiger partial charge in [0.2, 0.25) is 0 Å². The van der Waals surface area contributed by atoms with Crippen LogP contribution in [0.1, 0.15) is 70.6 Å². The Morgan fingerprint density at radius 1 is 1.00 bits per heavy atom. The van der Waals surface area contributed by atoms with Crippen LogP contribution in [0.25, 0.3) is 0 Å². The summed E-state index contributed by atoms with van der Waals surface area (Å²) in [6.07, 6.45) is 16.8. The maximum absolute atomic E-state index is 6.38. The predicted molar refractivity (Wildman–Crippen MR) is 73.2 cm³/mol. The van der Waals surface area contributed by atoms with Crippen molar-refractivity contribution >= 4 is 0 Å². The van der Waals surface area contributed by atoms with Crippen LogP contribution in [0.2, 0.25) is 0 Å². The monoisotopic (exact) mass is 236 g/mol. The minimum absolute atomic E-state index is 0.164. The van der Waals surface area contributed by atoms with Gasteiger partial charge in [-0.1, -0.05) is 44.6 Å². The summed E-state index contributed by atoms with van der Waals surface area (Å²) in [6.45, 7) is 4.92. The van der Waals surface area contributed by atoms with Gasteiger partial charge in [0.1, 0.15) is 0 Å². The van der Waals surface area contributed by atoms with Gasteiger partial charge in [-0.05, 0) is 38.0 Å². The molecule has 2 aliphatic carbocycles. The Kier molecular flexibility index (Phi) is 5.09. The van der Waals surface area contributed by atoms with Crippen molar-refractivity contribution in [2.75, 3.05) is 6.61 Å². The van der Waals surface area contributed by atoms with E-state index in [1.165, 1.54) is 64.2 Å². The Hall–Kier alpha value is -0.300. The first-order valence-corrected chi connectivity index (χ1v) is 7.59. The molecule has 2 fully saturated rings. The summed E-state index contributed by atoms with van der Waals surface area (Å²) < 4.78 is 6.38. The molecule has 0 bridgehead atoms. The zero-order valence-corrected chi connectivity index (χ0v) is 11.3. The zero-order chi connectivity index (χ0) is 12.0. The van der Waals surface area contributed by atoms with Crippen LogP contribution in [0.15, 0.2) is 12.7 Å². The second-order valence-electron chi connectivity index (χ2n) is 6.05. The summed E-state index contributed by atoms with van der Waals surface area (Å²) >= 11 is 0. The van der Waals surface area contributed by atoms with Gasteiger partial charge in [0.05, 0.1) is 12.2 Å². The second-order valence-corrected chi connectivity index (χ2v) is 6.05. The minimum atomic E-state index is 0.164. The van der Waals surface area contributed by atoms with Gasteiger partial charge in [0.15, 0.2) is 0 Å². The first-order chi connectivity index (χ1) is 8.35. The maximum Gasteiger partial charge on any atom is 0.0716 e. The maximum atomic E-state index is 6.38. The lowest BCUT2D eigenvalue weighted by Crippen LogP contribution is -2.36. The highest BCUT2D eigenvalue weighted by atomic mass is 16.5. The molecule has 1 heteroatoms. The quantitative estimate of drug-likeness (QED) is 0.619. The summed E-state index contributed by atoms with van der Waals surface area (Å²) in [5.74, 6) is 0.840. The molecule has 1 nitrogen and oxygen atoms in total. The Bertz CT molecular complexity index is 222. The van der Waals surface area contributed by atoms with Gasteiger partial charge in [0.25, 0.3) is 0 Å². The topological polar surface area (TPSA) is 9.23 Å². The molecular formula is C16H28O. The van der Waals surface area contributed by atoms with E-state index in [2.05, 4.69) is 12.7 Å². The summed E-state index contributed by atoms with van der Waals surface area (Å²) in [5.41, 5.74) is 0.164.